The highest BCUT2D eigenvalue weighted by Crippen LogP contribution is 2.27. The lowest BCUT2D eigenvalue weighted by Gasteiger charge is -2.38. The van der Waals surface area contributed by atoms with Gasteiger partial charge in [0.2, 0.25) is 5.91 Å². The first-order valence-corrected chi connectivity index (χ1v) is 16.2. The van der Waals surface area contributed by atoms with E-state index in [0.29, 0.717) is 25.5 Å². The smallest absolute Gasteiger partial charge is 0.220 e. The molecule has 1 amide bonds. The Hall–Kier alpha value is -1.09. The van der Waals surface area contributed by atoms with Gasteiger partial charge in [-0.15, -0.1) is 0 Å². The van der Waals surface area contributed by atoms with Crippen molar-refractivity contribution < 1.29 is 48.9 Å². The lowest BCUT2D eigenvalue weighted by molar-refractivity contribution is -0.238. The average molecular weight is 653 g/mol. The van der Waals surface area contributed by atoms with E-state index >= 15 is 0 Å². The fraction of sp³-hybridized carbons (Fsp3) is 0.966. The summed E-state index contributed by atoms with van der Waals surface area (Å²) in [5, 5.41) is 42.8. The van der Waals surface area contributed by atoms with E-state index in [9.17, 15) is 15.0 Å². The molecule has 3 heterocycles. The number of nitrogens with two attached hydrogens (primary N) is 4. The molecule has 1 aliphatic carbocycles. The quantitative estimate of drug-likeness (QED) is 0.107. The zero-order valence-corrected chi connectivity index (χ0v) is 26.9. The van der Waals surface area contributed by atoms with E-state index in [2.05, 4.69) is 10.6 Å². The zero-order valence-electron chi connectivity index (χ0n) is 26.9. The van der Waals surface area contributed by atoms with Crippen molar-refractivity contribution >= 4 is 5.91 Å². The van der Waals surface area contributed by atoms with E-state index in [1.807, 2.05) is 7.05 Å². The molecule has 14 N–H and O–H groups in total. The highest BCUT2D eigenvalue weighted by atomic mass is 16.7. The number of hydrogen-bond donors (Lipinski definition) is 10. The van der Waals surface area contributed by atoms with Crippen LogP contribution in [0.3, 0.4) is 0 Å². The van der Waals surface area contributed by atoms with Crippen LogP contribution in [0.5, 0.6) is 0 Å². The molecule has 0 radical (unpaired) electrons. The van der Waals surface area contributed by atoms with E-state index in [1.54, 1.807) is 7.11 Å². The molecule has 4 rings (SSSR count). The molecular weight excluding hydrogens is 592 g/mol. The Kier molecular flexibility index (Phi) is 19.3. The van der Waals surface area contributed by atoms with Crippen LogP contribution in [0.2, 0.25) is 0 Å². The Morgan fingerprint density at radius 3 is 2.29 bits per heavy atom. The van der Waals surface area contributed by atoms with Crippen LogP contribution in [0, 0.1) is 0 Å². The van der Waals surface area contributed by atoms with Crippen LogP contribution in [0.25, 0.3) is 0 Å². The molecule has 4 fully saturated rings. The van der Waals surface area contributed by atoms with Gasteiger partial charge in [-0.25, -0.2) is 0 Å². The number of rotatable bonds is 11. The van der Waals surface area contributed by atoms with E-state index in [1.165, 1.54) is 6.42 Å². The summed E-state index contributed by atoms with van der Waals surface area (Å²) in [4.78, 5) is 11.8. The maximum atomic E-state index is 11.8. The lowest BCUT2D eigenvalue weighted by atomic mass is 9.89. The minimum Gasteiger partial charge on any atom is -0.394 e. The first kappa shape index (κ1) is 40.1. The number of likely N-dealkylation sites (N-methyl/N-ethyl adjacent to an activating group) is 1. The number of nitrogens with one attached hydrogen (secondary N) is 2. The zero-order chi connectivity index (χ0) is 33.4. The topological polar surface area (TPSA) is 272 Å². The Balaban J connectivity index is 0.000000259. The van der Waals surface area contributed by atoms with Gasteiger partial charge in [0.1, 0.15) is 18.3 Å². The SMILES string of the molecule is CNCC1CCC[C@@H](OC)O1.NCCCC(=O)NC1CC(N)CC(OC2CCC(CO)O2)C1.NC[C@@H]1O[C@H](O)[C@H](N)C(O)[C@@H]1O. The minimum absolute atomic E-state index is 0.00833. The van der Waals surface area contributed by atoms with E-state index in [-0.39, 0.29) is 55.9 Å². The van der Waals surface area contributed by atoms with Gasteiger partial charge in [-0.3, -0.25) is 4.79 Å². The second-order valence-electron chi connectivity index (χ2n) is 12.1. The van der Waals surface area contributed by atoms with Gasteiger partial charge in [-0.05, 0) is 65.0 Å². The maximum Gasteiger partial charge on any atom is 0.220 e. The molecule has 45 heavy (non-hydrogen) atoms. The molecular formula is C29H60N6O10. The minimum atomic E-state index is -1.27. The van der Waals surface area contributed by atoms with Gasteiger partial charge in [0.15, 0.2) is 18.9 Å². The molecule has 7 unspecified atom stereocenters. The van der Waals surface area contributed by atoms with Crippen molar-refractivity contribution in [2.45, 2.75) is 138 Å². The predicted octanol–water partition coefficient (Wildman–Crippen LogP) is -2.94. The number of amides is 1. The summed E-state index contributed by atoms with van der Waals surface area (Å²) in [6.45, 7) is 1.51. The van der Waals surface area contributed by atoms with Gasteiger partial charge in [0, 0.05) is 45.1 Å². The summed E-state index contributed by atoms with van der Waals surface area (Å²) in [5.74, 6) is 0.0285. The van der Waals surface area contributed by atoms with Crippen molar-refractivity contribution in [3.05, 3.63) is 0 Å². The van der Waals surface area contributed by atoms with Crippen LogP contribution in [0.15, 0.2) is 0 Å². The molecule has 1 saturated carbocycles. The predicted molar refractivity (Wildman–Crippen MR) is 165 cm³/mol. The monoisotopic (exact) mass is 652 g/mol. The van der Waals surface area contributed by atoms with Gasteiger partial charge in [-0.2, -0.15) is 0 Å². The summed E-state index contributed by atoms with van der Waals surface area (Å²) < 4.78 is 27.1. The first-order chi connectivity index (χ1) is 21.5. The van der Waals surface area contributed by atoms with Crippen LogP contribution in [0.1, 0.15) is 64.2 Å². The summed E-state index contributed by atoms with van der Waals surface area (Å²) in [6, 6.07) is -0.912. The molecule has 0 aromatic carbocycles. The Morgan fingerprint density at radius 2 is 1.67 bits per heavy atom. The Labute approximate surface area is 266 Å². The van der Waals surface area contributed by atoms with Gasteiger partial charge in [-0.1, -0.05) is 0 Å². The van der Waals surface area contributed by atoms with Gasteiger partial charge >= 0.3 is 0 Å². The van der Waals surface area contributed by atoms with Crippen molar-refractivity contribution in [2.75, 3.05) is 40.4 Å². The van der Waals surface area contributed by atoms with Gasteiger partial charge in [0.05, 0.1) is 31.0 Å². The van der Waals surface area contributed by atoms with Crippen molar-refractivity contribution in [1.82, 2.24) is 10.6 Å². The van der Waals surface area contributed by atoms with Crippen LogP contribution in [-0.4, -0.2) is 140 Å². The van der Waals surface area contributed by atoms with Gasteiger partial charge in [0.25, 0.3) is 0 Å². The molecule has 3 saturated heterocycles. The van der Waals surface area contributed by atoms with Crippen LogP contribution < -0.4 is 33.6 Å². The number of methoxy groups -OCH3 is 1. The molecule has 4 aliphatic rings. The normalized spacial score (nSPS) is 38.4. The number of aliphatic hydroxyl groups excluding tert-OH is 4. The standard InChI is InChI=1S/C15H29N3O4.C8H17NO2.C6H14N2O4/c16-5-1-2-14(20)18-11-6-10(17)7-13(8-11)22-15-4-3-12(9-19)21-15;1-9-6-7-4-3-5-8(10-2)11-7;7-1-2-4(9)5(10)3(8)6(11)12-2/h10-13,15,19H,1-9,16-17H2,(H,18,20);7-9H,3-6H2,1-2H3;2-6,9-11H,1,7-8H2/t;7?,8-;2-,3+,4+,5?,6-/m.00/s1. The summed E-state index contributed by atoms with van der Waals surface area (Å²) in [5.41, 5.74) is 22.0. The average Bonchev–Trinajstić information content (AvgIpc) is 3.48. The molecule has 266 valence electrons. The summed E-state index contributed by atoms with van der Waals surface area (Å²) in [7, 11) is 3.65. The molecule has 0 aromatic rings. The van der Waals surface area contributed by atoms with Crippen molar-refractivity contribution in [3.63, 3.8) is 0 Å². The third kappa shape index (κ3) is 14.3. The fourth-order valence-corrected chi connectivity index (χ4v) is 5.80. The van der Waals surface area contributed by atoms with E-state index < -0.39 is 30.6 Å². The number of hydrogen-bond acceptors (Lipinski definition) is 15. The summed E-state index contributed by atoms with van der Waals surface area (Å²) >= 11 is 0. The molecule has 0 aromatic heterocycles. The Morgan fingerprint density at radius 1 is 0.933 bits per heavy atom. The lowest BCUT2D eigenvalue weighted by Crippen LogP contribution is -2.62. The molecule has 12 atom stereocenters. The molecule has 3 aliphatic heterocycles. The Bertz CT molecular complexity index is 800. The third-order valence-electron chi connectivity index (χ3n) is 8.30. The highest BCUT2D eigenvalue weighted by molar-refractivity contribution is 5.76. The largest absolute Gasteiger partial charge is 0.394 e. The van der Waals surface area contributed by atoms with Crippen molar-refractivity contribution in [1.29, 1.82) is 0 Å². The number of ether oxygens (including phenoxy) is 5. The maximum absolute atomic E-state index is 11.8. The third-order valence-corrected chi connectivity index (χ3v) is 8.30. The van der Waals surface area contributed by atoms with Crippen LogP contribution >= 0.6 is 0 Å². The molecule has 0 spiro atoms. The molecule has 16 heteroatoms. The van der Waals surface area contributed by atoms with Crippen molar-refractivity contribution in [3.8, 4) is 0 Å². The van der Waals surface area contributed by atoms with Crippen LogP contribution in [0.4, 0.5) is 0 Å². The van der Waals surface area contributed by atoms with Crippen molar-refractivity contribution in [2.24, 2.45) is 22.9 Å². The number of carbonyl (C=O) groups excluding carboxylic acids is 1. The number of carbonyl (C=O) groups is 1. The second kappa shape index (κ2) is 21.7. The number of aliphatic hydroxyl groups is 4. The molecule has 0 bridgehead atoms. The first-order valence-electron chi connectivity index (χ1n) is 16.2. The highest BCUT2D eigenvalue weighted by Gasteiger charge is 2.41. The van der Waals surface area contributed by atoms with Gasteiger partial charge < -0.3 is 77.7 Å². The molecule has 16 nitrogen and oxygen atoms in total. The second-order valence-corrected chi connectivity index (χ2v) is 12.1. The van der Waals surface area contributed by atoms with E-state index in [4.69, 9.17) is 56.8 Å². The summed E-state index contributed by atoms with van der Waals surface area (Å²) in [6.07, 6.45) is 4.13. The van der Waals surface area contributed by atoms with E-state index in [0.717, 1.165) is 51.5 Å². The fourth-order valence-electron chi connectivity index (χ4n) is 5.80. The van der Waals surface area contributed by atoms with Crippen LogP contribution in [-0.2, 0) is 28.5 Å².